The highest BCUT2D eigenvalue weighted by Crippen LogP contribution is 2.28. The van der Waals surface area contributed by atoms with Crippen LogP contribution >= 0.6 is 11.3 Å². The number of rotatable bonds is 9. The highest BCUT2D eigenvalue weighted by Gasteiger charge is 2.21. The fourth-order valence-corrected chi connectivity index (χ4v) is 5.44. The summed E-state index contributed by atoms with van der Waals surface area (Å²) in [5.41, 5.74) is 1.17. The molecular formula is C20H24N4O4S3. The van der Waals surface area contributed by atoms with Crippen LogP contribution in [0.1, 0.15) is 5.01 Å². The zero-order valence-electron chi connectivity index (χ0n) is 17.4. The number of nitrogens with zero attached hydrogens (tertiary/aromatic N) is 3. The van der Waals surface area contributed by atoms with Gasteiger partial charge in [-0.05, 0) is 36.4 Å². The minimum absolute atomic E-state index is 0.0227. The molecule has 166 valence electrons. The van der Waals surface area contributed by atoms with Crippen LogP contribution in [0.25, 0.3) is 0 Å². The zero-order chi connectivity index (χ0) is 22.6. The van der Waals surface area contributed by atoms with Crippen LogP contribution in [0.5, 0.6) is 0 Å². The van der Waals surface area contributed by atoms with Crippen molar-refractivity contribution in [2.45, 2.75) is 16.2 Å². The van der Waals surface area contributed by atoms with E-state index in [4.69, 9.17) is 0 Å². The summed E-state index contributed by atoms with van der Waals surface area (Å²) >= 11 is 1.58. The van der Waals surface area contributed by atoms with E-state index in [-0.39, 0.29) is 9.79 Å². The second-order valence-electron chi connectivity index (χ2n) is 6.98. The van der Waals surface area contributed by atoms with Crippen LogP contribution in [0, 0.1) is 0 Å². The third-order valence-corrected chi connectivity index (χ3v) is 8.67. The van der Waals surface area contributed by atoms with Crippen molar-refractivity contribution >= 4 is 42.8 Å². The first-order valence-electron chi connectivity index (χ1n) is 9.35. The first kappa shape index (κ1) is 23.2. The van der Waals surface area contributed by atoms with Gasteiger partial charge in [-0.2, -0.15) is 0 Å². The number of aromatic nitrogens is 1. The van der Waals surface area contributed by atoms with Crippen molar-refractivity contribution in [1.29, 1.82) is 0 Å². The topological polar surface area (TPSA) is 99.7 Å². The summed E-state index contributed by atoms with van der Waals surface area (Å²) in [6.07, 6.45) is 2.51. The standard InChI is InChI=1S/C20H24N4O4S3/c1-23(2)31(27,28)17-10-8-16(9-11-17)30(25,26)22-18-6-4-5-7-19(18)24(3)14-12-20-21-13-15-29-20/h4-11,13,15,22H,12,14H2,1-3H3. The lowest BCUT2D eigenvalue weighted by atomic mass is 10.2. The molecule has 0 aliphatic heterocycles. The average molecular weight is 481 g/mol. The first-order valence-corrected chi connectivity index (χ1v) is 13.2. The molecule has 0 amide bonds. The molecule has 11 heteroatoms. The molecule has 0 fully saturated rings. The van der Waals surface area contributed by atoms with Gasteiger partial charge in [0.1, 0.15) is 0 Å². The fraction of sp³-hybridized carbons (Fsp3) is 0.250. The Balaban J connectivity index is 1.80. The first-order chi connectivity index (χ1) is 14.6. The highest BCUT2D eigenvalue weighted by atomic mass is 32.2. The van der Waals surface area contributed by atoms with E-state index in [1.807, 2.05) is 29.5 Å². The smallest absolute Gasteiger partial charge is 0.261 e. The van der Waals surface area contributed by atoms with Gasteiger partial charge in [-0.25, -0.2) is 26.1 Å². The SMILES string of the molecule is CN(CCc1nccs1)c1ccccc1NS(=O)(=O)c1ccc(S(=O)(=O)N(C)C)cc1. The Morgan fingerprint density at radius 3 is 2.19 bits per heavy atom. The molecule has 0 saturated carbocycles. The van der Waals surface area contributed by atoms with Crippen LogP contribution in [0.2, 0.25) is 0 Å². The monoisotopic (exact) mass is 480 g/mol. The van der Waals surface area contributed by atoms with Gasteiger partial charge in [0.25, 0.3) is 10.0 Å². The van der Waals surface area contributed by atoms with E-state index >= 15 is 0 Å². The highest BCUT2D eigenvalue weighted by molar-refractivity contribution is 7.92. The van der Waals surface area contributed by atoms with E-state index in [9.17, 15) is 16.8 Å². The third-order valence-electron chi connectivity index (χ3n) is 4.62. The molecule has 31 heavy (non-hydrogen) atoms. The van der Waals surface area contributed by atoms with Gasteiger partial charge in [-0.1, -0.05) is 12.1 Å². The normalized spacial score (nSPS) is 12.1. The van der Waals surface area contributed by atoms with Crippen LogP contribution in [0.3, 0.4) is 0 Å². The van der Waals surface area contributed by atoms with E-state index in [1.54, 1.807) is 29.7 Å². The average Bonchev–Trinajstić information content (AvgIpc) is 3.26. The van der Waals surface area contributed by atoms with E-state index < -0.39 is 20.0 Å². The molecule has 2 aromatic carbocycles. The predicted molar refractivity (Wildman–Crippen MR) is 124 cm³/mol. The van der Waals surface area contributed by atoms with E-state index in [1.165, 1.54) is 38.4 Å². The zero-order valence-corrected chi connectivity index (χ0v) is 19.8. The number of hydrogen-bond donors (Lipinski definition) is 1. The molecule has 0 atom stereocenters. The molecule has 0 aliphatic carbocycles. The largest absolute Gasteiger partial charge is 0.372 e. The molecule has 0 spiro atoms. The summed E-state index contributed by atoms with van der Waals surface area (Å²) in [6, 6.07) is 12.3. The summed E-state index contributed by atoms with van der Waals surface area (Å²) in [5.74, 6) is 0. The molecule has 0 unspecified atom stereocenters. The molecule has 1 N–H and O–H groups in total. The molecule has 1 heterocycles. The van der Waals surface area contributed by atoms with Crippen molar-refractivity contribution in [1.82, 2.24) is 9.29 Å². The van der Waals surface area contributed by atoms with Gasteiger partial charge >= 0.3 is 0 Å². The lowest BCUT2D eigenvalue weighted by molar-refractivity contribution is 0.520. The van der Waals surface area contributed by atoms with Crippen molar-refractivity contribution in [3.05, 3.63) is 65.1 Å². The quantitative estimate of drug-likeness (QED) is 0.506. The maximum Gasteiger partial charge on any atom is 0.261 e. The lowest BCUT2D eigenvalue weighted by Crippen LogP contribution is -2.23. The van der Waals surface area contributed by atoms with Gasteiger partial charge in [0.15, 0.2) is 0 Å². The molecule has 3 rings (SSSR count). The van der Waals surface area contributed by atoms with Crippen molar-refractivity contribution in [2.75, 3.05) is 37.3 Å². The summed E-state index contributed by atoms with van der Waals surface area (Å²) in [7, 11) is -2.81. The number of sulfonamides is 2. The van der Waals surface area contributed by atoms with Crippen molar-refractivity contribution in [2.24, 2.45) is 0 Å². The van der Waals surface area contributed by atoms with Gasteiger partial charge < -0.3 is 4.90 Å². The summed E-state index contributed by atoms with van der Waals surface area (Å²) in [5, 5.41) is 2.93. The summed E-state index contributed by atoms with van der Waals surface area (Å²) in [6.45, 7) is 0.670. The number of anilines is 2. The number of nitrogens with one attached hydrogen (secondary N) is 1. The van der Waals surface area contributed by atoms with Gasteiger partial charge in [0.05, 0.1) is 26.2 Å². The van der Waals surface area contributed by atoms with Gasteiger partial charge in [0, 0.05) is 45.7 Å². The predicted octanol–water partition coefficient (Wildman–Crippen LogP) is 2.87. The van der Waals surface area contributed by atoms with E-state index in [2.05, 4.69) is 9.71 Å². The Morgan fingerprint density at radius 2 is 1.58 bits per heavy atom. The lowest BCUT2D eigenvalue weighted by Gasteiger charge is -2.22. The third kappa shape index (κ3) is 5.42. The minimum Gasteiger partial charge on any atom is -0.372 e. The Labute approximate surface area is 187 Å². The summed E-state index contributed by atoms with van der Waals surface area (Å²) in [4.78, 5) is 6.24. The van der Waals surface area contributed by atoms with Gasteiger partial charge in [-0.15, -0.1) is 11.3 Å². The number of likely N-dealkylation sites (N-methyl/N-ethyl adjacent to an activating group) is 1. The number of thiazole rings is 1. The molecule has 0 aliphatic rings. The number of hydrogen-bond acceptors (Lipinski definition) is 7. The Hall–Kier alpha value is -2.47. The fourth-order valence-electron chi connectivity index (χ4n) is 2.86. The number of para-hydroxylation sites is 2. The molecule has 0 bridgehead atoms. The maximum atomic E-state index is 12.9. The van der Waals surface area contributed by atoms with Gasteiger partial charge in [0.2, 0.25) is 10.0 Å². The Bertz CT molecular complexity index is 1220. The Kier molecular flexibility index (Phi) is 6.99. The summed E-state index contributed by atoms with van der Waals surface area (Å²) < 4.78 is 53.9. The van der Waals surface area contributed by atoms with Crippen LogP contribution in [0.15, 0.2) is 69.9 Å². The van der Waals surface area contributed by atoms with Crippen molar-refractivity contribution in [3.8, 4) is 0 Å². The van der Waals surface area contributed by atoms with Crippen LogP contribution in [-0.4, -0.2) is 53.8 Å². The molecule has 1 aromatic heterocycles. The minimum atomic E-state index is -3.91. The van der Waals surface area contributed by atoms with Crippen molar-refractivity contribution in [3.63, 3.8) is 0 Å². The molecule has 0 radical (unpaired) electrons. The van der Waals surface area contributed by atoms with Crippen LogP contribution in [0.4, 0.5) is 11.4 Å². The maximum absolute atomic E-state index is 12.9. The van der Waals surface area contributed by atoms with E-state index in [0.29, 0.717) is 12.2 Å². The second-order valence-corrected chi connectivity index (χ2v) is 11.8. The van der Waals surface area contributed by atoms with Crippen LogP contribution in [-0.2, 0) is 26.5 Å². The number of benzene rings is 2. The molecule has 3 aromatic rings. The second kappa shape index (κ2) is 9.35. The molecule has 8 nitrogen and oxygen atoms in total. The van der Waals surface area contributed by atoms with E-state index in [0.717, 1.165) is 21.4 Å². The van der Waals surface area contributed by atoms with Crippen LogP contribution < -0.4 is 9.62 Å². The Morgan fingerprint density at radius 1 is 0.935 bits per heavy atom. The van der Waals surface area contributed by atoms with Crippen molar-refractivity contribution < 1.29 is 16.8 Å². The van der Waals surface area contributed by atoms with Gasteiger partial charge in [-0.3, -0.25) is 4.72 Å². The molecule has 0 saturated heterocycles. The molecular weight excluding hydrogens is 456 g/mol.